The van der Waals surface area contributed by atoms with Crippen LogP contribution < -0.4 is 11.3 Å². The summed E-state index contributed by atoms with van der Waals surface area (Å²) in [5.74, 6) is 5.19. The van der Waals surface area contributed by atoms with Gasteiger partial charge in [-0.05, 0) is 0 Å². The zero-order valence-electron chi connectivity index (χ0n) is 6.42. The van der Waals surface area contributed by atoms with E-state index in [1.807, 2.05) is 6.92 Å². The number of rotatable bonds is 1. The summed E-state index contributed by atoms with van der Waals surface area (Å²) in [6.07, 6.45) is -1.17. The number of fused-ring (bicyclic) bond motifs is 3. The van der Waals surface area contributed by atoms with E-state index in [1.54, 1.807) is 0 Å². The summed E-state index contributed by atoms with van der Waals surface area (Å²) >= 11 is 0. The van der Waals surface area contributed by atoms with Gasteiger partial charge < -0.3 is 14.2 Å². The summed E-state index contributed by atoms with van der Waals surface area (Å²) in [6.45, 7) is 3.91. The first-order chi connectivity index (χ1) is 5.18. The van der Waals surface area contributed by atoms with Crippen LogP contribution in [0.5, 0.6) is 0 Å². The van der Waals surface area contributed by atoms with E-state index in [-0.39, 0.29) is 5.41 Å². The quantitative estimate of drug-likeness (QED) is 0.386. The molecule has 3 saturated heterocycles. The van der Waals surface area contributed by atoms with Crippen LogP contribution in [0.15, 0.2) is 0 Å². The van der Waals surface area contributed by atoms with E-state index >= 15 is 0 Å². The van der Waals surface area contributed by atoms with Crippen molar-refractivity contribution in [2.45, 2.75) is 13.0 Å². The molecule has 5 heteroatoms. The lowest BCUT2D eigenvalue weighted by molar-refractivity contribution is -0.478. The Morgan fingerprint density at radius 3 is 2.00 bits per heavy atom. The van der Waals surface area contributed by atoms with Gasteiger partial charge in [0, 0.05) is 5.41 Å². The largest absolute Gasteiger partial charge is 0.363 e. The highest BCUT2D eigenvalue weighted by atomic mass is 16.9. The number of ether oxygens (including phenoxy) is 3. The lowest BCUT2D eigenvalue weighted by Gasteiger charge is -2.49. The third-order valence-corrected chi connectivity index (χ3v) is 2.01. The number of nitrogens with one attached hydrogen (secondary N) is 1. The van der Waals surface area contributed by atoms with Gasteiger partial charge in [0.2, 0.25) is 0 Å². The molecule has 3 heterocycles. The van der Waals surface area contributed by atoms with Gasteiger partial charge in [0.1, 0.15) is 0 Å². The molecule has 11 heavy (non-hydrogen) atoms. The molecule has 0 aliphatic carbocycles. The van der Waals surface area contributed by atoms with Crippen molar-refractivity contribution >= 4 is 0 Å². The molecule has 0 unspecified atom stereocenters. The monoisotopic (exact) mass is 160 g/mol. The lowest BCUT2D eigenvalue weighted by Crippen LogP contribution is -2.67. The molecule has 0 radical (unpaired) electrons. The Labute approximate surface area is 64.8 Å². The van der Waals surface area contributed by atoms with Crippen LogP contribution in [0.25, 0.3) is 0 Å². The second kappa shape index (κ2) is 2.15. The standard InChI is InChI=1S/C6H12N2O3/c1-5-2-9-6(8-7,10-3-5)11-4-5/h8H,2-4,7H2,1H3. The molecular weight excluding hydrogens is 148 g/mol. The molecule has 3 N–H and O–H groups in total. The summed E-state index contributed by atoms with van der Waals surface area (Å²) in [6, 6.07) is 0. The van der Waals surface area contributed by atoms with E-state index in [9.17, 15) is 0 Å². The number of hydrogen-bond donors (Lipinski definition) is 2. The van der Waals surface area contributed by atoms with Crippen molar-refractivity contribution in [1.82, 2.24) is 5.43 Å². The topological polar surface area (TPSA) is 65.7 Å². The number of hydrogen-bond acceptors (Lipinski definition) is 5. The first-order valence-electron chi connectivity index (χ1n) is 3.58. The summed E-state index contributed by atoms with van der Waals surface area (Å²) in [4.78, 5) is 0. The van der Waals surface area contributed by atoms with Crippen LogP contribution in [0, 0.1) is 5.41 Å². The predicted octanol–water partition coefficient (Wildman–Crippen LogP) is -0.856. The SMILES string of the molecule is CC12COC(NN)(OC1)OC2. The minimum atomic E-state index is -1.17. The molecule has 5 nitrogen and oxygen atoms in total. The van der Waals surface area contributed by atoms with Crippen molar-refractivity contribution in [3.05, 3.63) is 0 Å². The molecule has 3 aliphatic heterocycles. The van der Waals surface area contributed by atoms with Gasteiger partial charge >= 0.3 is 6.10 Å². The molecule has 0 spiro atoms. The third kappa shape index (κ3) is 1.05. The lowest BCUT2D eigenvalue weighted by atomic mass is 9.92. The van der Waals surface area contributed by atoms with Crippen LogP contribution in [0.3, 0.4) is 0 Å². The summed E-state index contributed by atoms with van der Waals surface area (Å²) in [5.41, 5.74) is 2.35. The Morgan fingerprint density at radius 1 is 1.18 bits per heavy atom. The molecule has 64 valence electrons. The van der Waals surface area contributed by atoms with E-state index < -0.39 is 6.10 Å². The van der Waals surface area contributed by atoms with Crippen molar-refractivity contribution in [3.8, 4) is 0 Å². The van der Waals surface area contributed by atoms with Gasteiger partial charge in [0.15, 0.2) is 0 Å². The van der Waals surface area contributed by atoms with Crippen LogP contribution in [0.4, 0.5) is 0 Å². The summed E-state index contributed by atoms with van der Waals surface area (Å²) in [7, 11) is 0. The van der Waals surface area contributed by atoms with E-state index in [1.165, 1.54) is 0 Å². The molecule has 0 aromatic heterocycles. The van der Waals surface area contributed by atoms with Gasteiger partial charge in [-0.2, -0.15) is 5.43 Å². The average Bonchev–Trinajstić information content (AvgIpc) is 2.07. The van der Waals surface area contributed by atoms with Crippen molar-refractivity contribution < 1.29 is 14.2 Å². The maximum Gasteiger partial charge on any atom is 0.363 e. The van der Waals surface area contributed by atoms with Crippen LogP contribution in [0.2, 0.25) is 0 Å². The van der Waals surface area contributed by atoms with Crippen LogP contribution in [0.1, 0.15) is 6.92 Å². The maximum absolute atomic E-state index is 5.24. The molecule has 3 fully saturated rings. The van der Waals surface area contributed by atoms with Gasteiger partial charge in [-0.15, -0.1) is 0 Å². The van der Waals surface area contributed by atoms with Gasteiger partial charge in [-0.25, -0.2) is 0 Å². The fraction of sp³-hybridized carbons (Fsp3) is 1.00. The average molecular weight is 160 g/mol. The van der Waals surface area contributed by atoms with Gasteiger partial charge in [-0.1, -0.05) is 6.92 Å². The molecule has 0 atom stereocenters. The predicted molar refractivity (Wildman–Crippen MR) is 36.0 cm³/mol. The highest BCUT2D eigenvalue weighted by molar-refractivity contribution is 4.82. The van der Waals surface area contributed by atoms with Crippen LogP contribution >= 0.6 is 0 Å². The van der Waals surface area contributed by atoms with Crippen LogP contribution in [-0.2, 0) is 14.2 Å². The maximum atomic E-state index is 5.24. The third-order valence-electron chi connectivity index (χ3n) is 2.01. The number of hydrazine groups is 1. The van der Waals surface area contributed by atoms with E-state index in [4.69, 9.17) is 20.1 Å². The molecule has 3 aliphatic rings. The molecule has 0 aromatic rings. The van der Waals surface area contributed by atoms with E-state index in [2.05, 4.69) is 5.43 Å². The second-order valence-electron chi connectivity index (χ2n) is 3.38. The van der Waals surface area contributed by atoms with Crippen molar-refractivity contribution in [2.75, 3.05) is 19.8 Å². The minimum Gasteiger partial charge on any atom is -0.312 e. The smallest absolute Gasteiger partial charge is 0.312 e. The fourth-order valence-electron chi connectivity index (χ4n) is 1.18. The van der Waals surface area contributed by atoms with E-state index in [0.717, 1.165) is 0 Å². The van der Waals surface area contributed by atoms with Crippen molar-refractivity contribution in [1.29, 1.82) is 0 Å². The Kier molecular flexibility index (Phi) is 1.45. The highest BCUT2D eigenvalue weighted by Crippen LogP contribution is 2.35. The van der Waals surface area contributed by atoms with Crippen LogP contribution in [-0.4, -0.2) is 25.9 Å². The summed E-state index contributed by atoms with van der Waals surface area (Å²) in [5, 5.41) is 0. The van der Waals surface area contributed by atoms with Crippen molar-refractivity contribution in [3.63, 3.8) is 0 Å². The Hall–Kier alpha value is -0.200. The van der Waals surface area contributed by atoms with Gasteiger partial charge in [0.25, 0.3) is 0 Å². The summed E-state index contributed by atoms with van der Waals surface area (Å²) < 4.78 is 15.7. The molecule has 0 saturated carbocycles. The first-order valence-corrected chi connectivity index (χ1v) is 3.58. The zero-order valence-corrected chi connectivity index (χ0v) is 6.42. The van der Waals surface area contributed by atoms with E-state index in [0.29, 0.717) is 19.8 Å². The minimum absolute atomic E-state index is 0.00139. The van der Waals surface area contributed by atoms with Gasteiger partial charge in [0.05, 0.1) is 19.8 Å². The second-order valence-corrected chi connectivity index (χ2v) is 3.38. The molecule has 3 rings (SSSR count). The normalized spacial score (nSPS) is 49.6. The molecule has 2 bridgehead atoms. The first kappa shape index (κ1) is 7.45. The van der Waals surface area contributed by atoms with Crippen molar-refractivity contribution in [2.24, 2.45) is 11.3 Å². The molecule has 0 aromatic carbocycles. The fourth-order valence-corrected chi connectivity index (χ4v) is 1.18. The Balaban J connectivity index is 2.12. The number of nitrogens with two attached hydrogens (primary N) is 1. The molecule has 0 amide bonds. The Bertz CT molecular complexity index is 149. The Morgan fingerprint density at radius 2 is 1.64 bits per heavy atom. The zero-order chi connectivity index (χ0) is 7.95. The van der Waals surface area contributed by atoms with Gasteiger partial charge in [-0.3, -0.25) is 5.84 Å². The molecular formula is C6H12N2O3. The highest BCUT2D eigenvalue weighted by Gasteiger charge is 2.50.